The van der Waals surface area contributed by atoms with Crippen LogP contribution in [0.1, 0.15) is 54.6 Å². The molecule has 3 N–H and O–H groups in total. The van der Waals surface area contributed by atoms with Crippen LogP contribution in [0, 0.1) is 6.92 Å². The maximum Gasteiger partial charge on any atom is 0.337 e. The number of carboxylic acid groups (broad SMARTS) is 1. The molecule has 1 fully saturated rings. The van der Waals surface area contributed by atoms with E-state index in [1.165, 1.54) is 6.20 Å². The minimum absolute atomic E-state index is 0.228. The zero-order valence-electron chi connectivity index (χ0n) is 15.8. The summed E-state index contributed by atoms with van der Waals surface area (Å²) in [6.07, 6.45) is 4.12. The van der Waals surface area contributed by atoms with Crippen molar-refractivity contribution in [1.29, 1.82) is 0 Å². The molecule has 1 saturated carbocycles. The van der Waals surface area contributed by atoms with E-state index < -0.39 is 11.6 Å². The van der Waals surface area contributed by atoms with Crippen LogP contribution >= 0.6 is 11.6 Å². The van der Waals surface area contributed by atoms with Gasteiger partial charge in [0.2, 0.25) is 0 Å². The molecule has 4 rings (SSSR count). The number of rotatable bonds is 3. The number of hydrogen-bond acceptors (Lipinski definition) is 2. The smallest absolute Gasteiger partial charge is 0.337 e. The van der Waals surface area contributed by atoms with E-state index in [1.54, 1.807) is 6.07 Å². The number of fused-ring (bicyclic) bond motifs is 1. The third-order valence-electron chi connectivity index (χ3n) is 5.23. The highest BCUT2D eigenvalue weighted by molar-refractivity contribution is 6.34. The SMILES string of the molecule is CC.Cc1cc(C2(O)CCC2)ccc1-c1cc2c(C(=O)O)c[nH]c2cc1Cl. The highest BCUT2D eigenvalue weighted by Gasteiger charge is 2.36. The van der Waals surface area contributed by atoms with Crippen molar-refractivity contribution < 1.29 is 15.0 Å². The fraction of sp³-hybridized carbons (Fsp3) is 0.318. The second-order valence-corrected chi connectivity index (χ2v) is 7.21. The zero-order chi connectivity index (χ0) is 19.8. The fourth-order valence-electron chi connectivity index (χ4n) is 3.58. The molecule has 1 aromatic heterocycles. The molecule has 0 spiro atoms. The molecular formula is C22H24ClNO3. The predicted octanol–water partition coefficient (Wildman–Crippen LogP) is 5.89. The lowest BCUT2D eigenvalue weighted by molar-refractivity contribution is -0.0388. The van der Waals surface area contributed by atoms with E-state index in [0.717, 1.165) is 41.5 Å². The average Bonchev–Trinajstić information content (AvgIpc) is 3.03. The molecule has 0 radical (unpaired) electrons. The number of carbonyl (C=O) groups is 1. The van der Waals surface area contributed by atoms with Crippen LogP contribution < -0.4 is 0 Å². The Hall–Kier alpha value is -2.30. The molecule has 0 amide bonds. The maximum absolute atomic E-state index is 11.4. The van der Waals surface area contributed by atoms with E-state index in [1.807, 2.05) is 45.0 Å². The first-order chi connectivity index (χ1) is 12.9. The van der Waals surface area contributed by atoms with E-state index in [2.05, 4.69) is 4.98 Å². The zero-order valence-corrected chi connectivity index (χ0v) is 16.5. The van der Waals surface area contributed by atoms with E-state index >= 15 is 0 Å². The van der Waals surface area contributed by atoms with Gasteiger partial charge in [0.1, 0.15) is 0 Å². The maximum atomic E-state index is 11.4. The Labute approximate surface area is 163 Å². The van der Waals surface area contributed by atoms with Crippen molar-refractivity contribution in [3.05, 3.63) is 58.2 Å². The van der Waals surface area contributed by atoms with Crippen molar-refractivity contribution in [3.63, 3.8) is 0 Å². The summed E-state index contributed by atoms with van der Waals surface area (Å²) in [5, 5.41) is 21.1. The molecule has 1 heterocycles. The second-order valence-electron chi connectivity index (χ2n) is 6.80. The molecule has 0 unspecified atom stereocenters. The van der Waals surface area contributed by atoms with Crippen LogP contribution in [-0.2, 0) is 5.60 Å². The van der Waals surface area contributed by atoms with E-state index in [9.17, 15) is 15.0 Å². The van der Waals surface area contributed by atoms with Crippen molar-refractivity contribution in [2.45, 2.75) is 45.6 Å². The van der Waals surface area contributed by atoms with Gasteiger partial charge in [-0.05, 0) is 55.0 Å². The van der Waals surface area contributed by atoms with Crippen LogP contribution in [0.4, 0.5) is 0 Å². The molecule has 142 valence electrons. The van der Waals surface area contributed by atoms with E-state index in [4.69, 9.17) is 11.6 Å². The fourth-order valence-corrected chi connectivity index (χ4v) is 3.85. The molecule has 2 aromatic carbocycles. The van der Waals surface area contributed by atoms with Gasteiger partial charge in [-0.25, -0.2) is 4.79 Å². The summed E-state index contributed by atoms with van der Waals surface area (Å²) in [6.45, 7) is 5.98. The molecule has 5 heteroatoms. The predicted molar refractivity (Wildman–Crippen MR) is 110 cm³/mol. The molecule has 0 atom stereocenters. The van der Waals surface area contributed by atoms with Gasteiger partial charge in [-0.3, -0.25) is 0 Å². The highest BCUT2D eigenvalue weighted by atomic mass is 35.5. The van der Waals surface area contributed by atoms with Crippen molar-refractivity contribution in [3.8, 4) is 11.1 Å². The summed E-state index contributed by atoms with van der Waals surface area (Å²) in [7, 11) is 0. The quantitative estimate of drug-likeness (QED) is 0.526. The normalized spacial score (nSPS) is 15.0. The Morgan fingerprint density at radius 1 is 1.15 bits per heavy atom. The lowest BCUT2D eigenvalue weighted by Crippen LogP contribution is -2.33. The number of H-pyrrole nitrogens is 1. The van der Waals surface area contributed by atoms with E-state index in [0.29, 0.717) is 15.9 Å². The van der Waals surface area contributed by atoms with Gasteiger partial charge in [0.05, 0.1) is 16.2 Å². The summed E-state index contributed by atoms with van der Waals surface area (Å²) in [4.78, 5) is 14.3. The molecule has 1 aliphatic carbocycles. The minimum atomic E-state index is -0.973. The highest BCUT2D eigenvalue weighted by Crippen LogP contribution is 2.43. The average molecular weight is 386 g/mol. The first-order valence-electron chi connectivity index (χ1n) is 9.27. The molecule has 4 nitrogen and oxygen atoms in total. The number of aliphatic hydroxyl groups is 1. The third kappa shape index (κ3) is 3.35. The Bertz CT molecular complexity index is 1000. The van der Waals surface area contributed by atoms with Crippen LogP contribution in [0.25, 0.3) is 22.0 Å². The van der Waals surface area contributed by atoms with Gasteiger partial charge >= 0.3 is 5.97 Å². The first kappa shape index (κ1) is 19.5. The summed E-state index contributed by atoms with van der Waals surface area (Å²) < 4.78 is 0. The largest absolute Gasteiger partial charge is 0.478 e. The number of aromatic nitrogens is 1. The summed E-state index contributed by atoms with van der Waals surface area (Å²) >= 11 is 6.45. The number of nitrogens with one attached hydrogen (secondary N) is 1. The summed E-state index contributed by atoms with van der Waals surface area (Å²) in [5.74, 6) is -0.973. The van der Waals surface area contributed by atoms with Gasteiger partial charge in [0.25, 0.3) is 0 Å². The van der Waals surface area contributed by atoms with Crippen LogP contribution in [0.15, 0.2) is 36.5 Å². The van der Waals surface area contributed by atoms with E-state index in [-0.39, 0.29) is 5.56 Å². The lowest BCUT2D eigenvalue weighted by Gasteiger charge is -2.37. The lowest BCUT2D eigenvalue weighted by atomic mass is 9.74. The number of benzene rings is 2. The summed E-state index contributed by atoms with van der Waals surface area (Å²) in [6, 6.07) is 9.48. The molecular weight excluding hydrogens is 362 g/mol. The monoisotopic (exact) mass is 385 g/mol. The van der Waals surface area contributed by atoms with Gasteiger partial charge in [0, 0.05) is 22.7 Å². The van der Waals surface area contributed by atoms with Crippen LogP contribution in [0.2, 0.25) is 5.02 Å². The Kier molecular flexibility index (Phi) is 5.31. The number of hydrogen-bond donors (Lipinski definition) is 3. The second kappa shape index (κ2) is 7.37. The van der Waals surface area contributed by atoms with Gasteiger partial charge in [-0.1, -0.05) is 43.6 Å². The van der Waals surface area contributed by atoms with Gasteiger partial charge < -0.3 is 15.2 Å². The molecule has 1 aliphatic rings. The Morgan fingerprint density at radius 3 is 2.41 bits per heavy atom. The number of aryl methyl sites for hydroxylation is 1. The van der Waals surface area contributed by atoms with Crippen molar-refractivity contribution in [2.75, 3.05) is 0 Å². The Balaban J connectivity index is 0.00000102. The minimum Gasteiger partial charge on any atom is -0.478 e. The third-order valence-corrected chi connectivity index (χ3v) is 5.55. The van der Waals surface area contributed by atoms with Gasteiger partial charge in [-0.15, -0.1) is 0 Å². The van der Waals surface area contributed by atoms with Crippen molar-refractivity contribution in [1.82, 2.24) is 4.98 Å². The number of carboxylic acids is 1. The van der Waals surface area contributed by atoms with Crippen molar-refractivity contribution >= 4 is 28.5 Å². The first-order valence-corrected chi connectivity index (χ1v) is 9.65. The topological polar surface area (TPSA) is 73.3 Å². The molecule has 0 bridgehead atoms. The van der Waals surface area contributed by atoms with Crippen LogP contribution in [-0.4, -0.2) is 21.2 Å². The number of aromatic carboxylic acids is 1. The van der Waals surface area contributed by atoms with Crippen LogP contribution in [0.5, 0.6) is 0 Å². The van der Waals surface area contributed by atoms with Gasteiger partial charge in [-0.2, -0.15) is 0 Å². The molecule has 27 heavy (non-hydrogen) atoms. The molecule has 0 aliphatic heterocycles. The van der Waals surface area contributed by atoms with Crippen molar-refractivity contribution in [2.24, 2.45) is 0 Å². The molecule has 3 aromatic rings. The standard InChI is InChI=1S/C20H18ClNO3.C2H6/c1-11-7-12(20(25)5-2-6-20)3-4-13(11)14-8-15-16(19(23)24)10-22-18(15)9-17(14)21;1-2/h3-4,7-10,22,25H,2,5-6H2,1H3,(H,23,24);1-2H3. The van der Waals surface area contributed by atoms with Crippen LogP contribution in [0.3, 0.4) is 0 Å². The number of halogens is 1. The number of aromatic amines is 1. The summed E-state index contributed by atoms with van der Waals surface area (Å²) in [5.41, 5.74) is 3.90. The Morgan fingerprint density at radius 2 is 1.85 bits per heavy atom. The van der Waals surface area contributed by atoms with Gasteiger partial charge in [0.15, 0.2) is 0 Å². The molecule has 0 saturated heterocycles.